The van der Waals surface area contributed by atoms with Crippen molar-refractivity contribution in [3.05, 3.63) is 84.2 Å². The van der Waals surface area contributed by atoms with Crippen LogP contribution < -0.4 is 5.56 Å². The fraction of sp³-hybridized carbons (Fsp3) is 0.423. The first-order chi connectivity index (χ1) is 16.3. The number of hydrogen-bond acceptors (Lipinski definition) is 5. The highest BCUT2D eigenvalue weighted by Gasteiger charge is 2.50. The van der Waals surface area contributed by atoms with Crippen molar-refractivity contribution < 1.29 is 9.90 Å². The highest BCUT2D eigenvalue weighted by Crippen LogP contribution is 2.54. The molecule has 0 spiro atoms. The highest BCUT2D eigenvalue weighted by atomic mass is 35.5. The number of nitrogens with one attached hydrogen (secondary N) is 1. The Morgan fingerprint density at radius 1 is 1.26 bits per heavy atom. The molecule has 1 aromatic carbocycles. The van der Waals surface area contributed by atoms with Gasteiger partial charge >= 0.3 is 0 Å². The van der Waals surface area contributed by atoms with Crippen molar-refractivity contribution in [3.8, 4) is 0 Å². The molecule has 6 nitrogen and oxygen atoms in total. The van der Waals surface area contributed by atoms with E-state index in [1.165, 1.54) is 10.4 Å². The van der Waals surface area contributed by atoms with Gasteiger partial charge in [-0.25, -0.2) is 4.98 Å². The number of carbonyl (C=O) groups excluding carboxylic acids is 1. The van der Waals surface area contributed by atoms with Gasteiger partial charge in [0.2, 0.25) is 0 Å². The molecule has 178 valence electrons. The van der Waals surface area contributed by atoms with Gasteiger partial charge in [0.1, 0.15) is 5.82 Å². The summed E-state index contributed by atoms with van der Waals surface area (Å²) in [6.07, 6.45) is 1.93. The molecular weight excluding hydrogens is 470 g/mol. The van der Waals surface area contributed by atoms with Crippen LogP contribution in [0.1, 0.15) is 78.2 Å². The molecule has 1 atom stereocenters. The Hall–Kier alpha value is -2.48. The quantitative estimate of drug-likeness (QED) is 0.535. The molecule has 5 rings (SSSR count). The van der Waals surface area contributed by atoms with Gasteiger partial charge in [-0.1, -0.05) is 37.6 Å². The van der Waals surface area contributed by atoms with E-state index in [4.69, 9.17) is 16.6 Å². The maximum Gasteiger partial charge on any atom is 0.256 e. The topological polar surface area (TPSA) is 86.3 Å². The molecule has 34 heavy (non-hydrogen) atoms. The number of H-pyrrole nitrogens is 1. The largest absolute Gasteiger partial charge is 0.378 e. The molecule has 0 bridgehead atoms. The Morgan fingerprint density at radius 2 is 2.06 bits per heavy atom. The number of halogens is 1. The summed E-state index contributed by atoms with van der Waals surface area (Å²) >= 11 is 7.77. The van der Waals surface area contributed by atoms with Gasteiger partial charge in [0.25, 0.3) is 11.5 Å². The number of fused-ring (bicyclic) bond motifs is 1. The zero-order valence-corrected chi connectivity index (χ0v) is 20.9. The van der Waals surface area contributed by atoms with Crippen molar-refractivity contribution in [2.45, 2.75) is 63.5 Å². The number of aliphatic hydroxyl groups is 1. The molecule has 1 aliphatic carbocycles. The average molecular weight is 498 g/mol. The molecule has 0 radical (unpaired) electrons. The predicted octanol–water partition coefficient (Wildman–Crippen LogP) is 4.70. The van der Waals surface area contributed by atoms with E-state index in [1.807, 2.05) is 0 Å². The fourth-order valence-electron chi connectivity index (χ4n) is 4.66. The highest BCUT2D eigenvalue weighted by molar-refractivity contribution is 7.10. The number of benzene rings is 1. The number of aromatic nitrogens is 2. The van der Waals surface area contributed by atoms with Gasteiger partial charge < -0.3 is 15.0 Å². The van der Waals surface area contributed by atoms with E-state index in [1.54, 1.807) is 40.5 Å². The second-order valence-corrected chi connectivity index (χ2v) is 11.0. The van der Waals surface area contributed by atoms with Crippen LogP contribution in [0.15, 0.2) is 40.5 Å². The lowest BCUT2D eigenvalue weighted by Gasteiger charge is -2.24. The fourth-order valence-corrected chi connectivity index (χ4v) is 6.19. The molecule has 1 fully saturated rings. The summed E-state index contributed by atoms with van der Waals surface area (Å²) in [6, 6.07) is 8.91. The van der Waals surface area contributed by atoms with Gasteiger partial charge in [0.15, 0.2) is 6.10 Å². The van der Waals surface area contributed by atoms with Gasteiger partial charge in [-0.15, -0.1) is 11.3 Å². The van der Waals surface area contributed by atoms with Crippen LogP contribution >= 0.6 is 22.9 Å². The summed E-state index contributed by atoms with van der Waals surface area (Å²) in [5, 5.41) is 13.3. The minimum Gasteiger partial charge on any atom is -0.378 e. The van der Waals surface area contributed by atoms with Crippen LogP contribution in [0.4, 0.5) is 0 Å². The van der Waals surface area contributed by atoms with Crippen molar-refractivity contribution in [2.75, 3.05) is 6.54 Å². The number of hydrogen-bond donors (Lipinski definition) is 2. The first kappa shape index (κ1) is 23.3. The minimum absolute atomic E-state index is 0.137. The lowest BCUT2D eigenvalue weighted by Crippen LogP contribution is -2.36. The van der Waals surface area contributed by atoms with Gasteiger partial charge in [-0.3, -0.25) is 9.59 Å². The number of aryl methyl sites for hydroxylation is 1. The lowest BCUT2D eigenvalue weighted by atomic mass is 9.99. The van der Waals surface area contributed by atoms with E-state index in [0.29, 0.717) is 41.5 Å². The molecule has 0 unspecified atom stereocenters. The summed E-state index contributed by atoms with van der Waals surface area (Å²) in [4.78, 5) is 37.1. The Labute approximate surface area is 207 Å². The van der Waals surface area contributed by atoms with Gasteiger partial charge in [-0.05, 0) is 66.3 Å². The third kappa shape index (κ3) is 4.21. The van der Waals surface area contributed by atoms with Crippen LogP contribution in [0.5, 0.6) is 0 Å². The van der Waals surface area contributed by atoms with Crippen LogP contribution in [-0.4, -0.2) is 32.4 Å². The molecule has 3 aromatic rings. The molecular formula is C26H28ClN3O3S. The van der Waals surface area contributed by atoms with E-state index < -0.39 is 12.0 Å². The number of thiophene rings is 1. The van der Waals surface area contributed by atoms with E-state index in [2.05, 4.69) is 30.3 Å². The zero-order valence-electron chi connectivity index (χ0n) is 19.3. The third-order valence-electron chi connectivity index (χ3n) is 6.96. The molecule has 1 amide bonds. The second-order valence-electron chi connectivity index (χ2n) is 9.64. The van der Waals surface area contributed by atoms with Gasteiger partial charge in [-0.2, -0.15) is 0 Å². The van der Waals surface area contributed by atoms with Crippen molar-refractivity contribution in [1.82, 2.24) is 14.9 Å². The number of nitrogens with zero attached hydrogens (tertiary/aromatic N) is 2. The Kier molecular flexibility index (Phi) is 6.12. The standard InChI is InChI=1S/C26H28ClN3O3S/c1-15(2)17-12-21(34-14-17)26(8-9-26)25-28-20-7-4-10-30(13-19(20)23(32)29-25)24(33)22(31)16-5-3-6-18(27)11-16/h3,5-6,11-12,14-15,22,31H,4,7-10,13H2,1-2H3,(H,28,29,32)/t22-/m1/s1. The molecule has 3 heterocycles. The van der Waals surface area contributed by atoms with E-state index >= 15 is 0 Å². The summed E-state index contributed by atoms with van der Waals surface area (Å²) in [7, 11) is 0. The molecule has 1 saturated carbocycles. The maximum absolute atomic E-state index is 13.2. The Balaban J connectivity index is 1.42. The first-order valence-corrected chi connectivity index (χ1v) is 13.0. The van der Waals surface area contributed by atoms with Crippen LogP contribution in [0.25, 0.3) is 0 Å². The normalized spacial score (nSPS) is 17.9. The SMILES string of the molecule is CC(C)c1csc(C2(c3nc4c(c(=O)[nH]3)CN(C(=O)[C@H](O)c3cccc(Cl)c3)CCC4)CC2)c1. The summed E-state index contributed by atoms with van der Waals surface area (Å²) < 4.78 is 0. The van der Waals surface area contributed by atoms with Crippen LogP contribution in [0.3, 0.4) is 0 Å². The van der Waals surface area contributed by atoms with Gasteiger partial charge in [0.05, 0.1) is 23.2 Å². The smallest absolute Gasteiger partial charge is 0.256 e. The van der Waals surface area contributed by atoms with E-state index in [0.717, 1.165) is 24.4 Å². The molecule has 2 aromatic heterocycles. The van der Waals surface area contributed by atoms with Crippen molar-refractivity contribution in [2.24, 2.45) is 0 Å². The maximum atomic E-state index is 13.2. The van der Waals surface area contributed by atoms with Gasteiger partial charge in [0, 0.05) is 16.4 Å². The number of amides is 1. The van der Waals surface area contributed by atoms with Crippen LogP contribution in [-0.2, 0) is 23.2 Å². The van der Waals surface area contributed by atoms with Crippen LogP contribution in [0, 0.1) is 0 Å². The van der Waals surface area contributed by atoms with Crippen molar-refractivity contribution >= 4 is 28.8 Å². The molecule has 2 N–H and O–H groups in total. The predicted molar refractivity (Wildman–Crippen MR) is 133 cm³/mol. The lowest BCUT2D eigenvalue weighted by molar-refractivity contribution is -0.141. The second kappa shape index (κ2) is 8.95. The minimum atomic E-state index is -1.32. The number of aliphatic hydroxyl groups excluding tert-OH is 1. The van der Waals surface area contributed by atoms with E-state index in [-0.39, 0.29) is 17.5 Å². The molecule has 0 saturated heterocycles. The monoisotopic (exact) mass is 497 g/mol. The Morgan fingerprint density at radius 3 is 2.74 bits per heavy atom. The average Bonchev–Trinajstić information content (AvgIpc) is 3.52. The zero-order chi connectivity index (χ0) is 24.0. The van der Waals surface area contributed by atoms with Crippen molar-refractivity contribution in [3.63, 3.8) is 0 Å². The molecule has 2 aliphatic rings. The molecule has 8 heteroatoms. The number of aromatic amines is 1. The first-order valence-electron chi connectivity index (χ1n) is 11.7. The third-order valence-corrected chi connectivity index (χ3v) is 8.35. The van der Waals surface area contributed by atoms with E-state index in [9.17, 15) is 14.7 Å². The summed E-state index contributed by atoms with van der Waals surface area (Å²) in [5.41, 5.74) is 2.64. The number of carbonyl (C=O) groups is 1. The molecule has 1 aliphatic heterocycles. The van der Waals surface area contributed by atoms with Crippen molar-refractivity contribution in [1.29, 1.82) is 0 Å². The summed E-state index contributed by atoms with van der Waals surface area (Å²) in [6.45, 7) is 4.96. The van der Waals surface area contributed by atoms with Crippen LogP contribution in [0.2, 0.25) is 5.02 Å². The summed E-state index contributed by atoms with van der Waals surface area (Å²) in [5.74, 6) is 0.773. The Bertz CT molecular complexity index is 1290. The number of rotatable bonds is 5.